The Hall–Kier alpha value is -2.29. The number of amides is 1. The molecule has 0 aliphatic carbocycles. The first kappa shape index (κ1) is 10.8. The number of rotatable bonds is 1. The molecule has 3 rings (SSSR count). The highest BCUT2D eigenvalue weighted by atomic mass is 16.1. The van der Waals surface area contributed by atoms with E-state index in [9.17, 15) is 4.79 Å². The van der Waals surface area contributed by atoms with Gasteiger partial charge in [-0.3, -0.25) is 4.79 Å². The highest BCUT2D eigenvalue weighted by Gasteiger charge is 2.24. The maximum absolute atomic E-state index is 11.7. The summed E-state index contributed by atoms with van der Waals surface area (Å²) in [6, 6.07) is 15.5. The van der Waals surface area contributed by atoms with Crippen LogP contribution in [0.15, 0.2) is 58.8 Å². The van der Waals surface area contributed by atoms with Crippen molar-refractivity contribution in [1.82, 2.24) is 0 Å². The Morgan fingerprint density at radius 3 is 2.50 bits per heavy atom. The summed E-state index contributed by atoms with van der Waals surface area (Å²) in [4.78, 5) is 11.7. The summed E-state index contributed by atoms with van der Waals surface area (Å²) in [5.74, 6) is -0.256. The largest absolute Gasteiger partial charge is 0.295 e. The molecule has 0 saturated heterocycles. The predicted molar refractivity (Wildman–Crippen MR) is 68.7 cm³/mol. The number of hydrogen-bond acceptors (Lipinski definition) is 2. The van der Waals surface area contributed by atoms with Gasteiger partial charge >= 0.3 is 0 Å². The van der Waals surface area contributed by atoms with Crippen LogP contribution in [0.2, 0.25) is 0 Å². The van der Waals surface area contributed by atoms with E-state index >= 15 is 0 Å². The van der Waals surface area contributed by atoms with Crippen molar-refractivity contribution in [1.29, 1.82) is 0 Å². The van der Waals surface area contributed by atoms with Gasteiger partial charge < -0.3 is 0 Å². The monoisotopic (exact) mass is 236 g/mol. The Bertz CT molecular complexity index is 629. The third kappa shape index (κ3) is 1.74. The van der Waals surface area contributed by atoms with Gasteiger partial charge in [0, 0.05) is 5.56 Å². The fourth-order valence-electron chi connectivity index (χ4n) is 2.15. The number of carbonyl (C=O) groups is 1. The number of carbonyl (C=O) groups excluding carboxylic acids is 1. The van der Waals surface area contributed by atoms with Crippen LogP contribution in [0.4, 0.5) is 0 Å². The molecule has 0 radical (unpaired) electrons. The van der Waals surface area contributed by atoms with E-state index in [1.165, 1.54) is 5.56 Å². The van der Waals surface area contributed by atoms with Crippen molar-refractivity contribution in [2.75, 3.05) is 0 Å². The van der Waals surface area contributed by atoms with Gasteiger partial charge in [0.15, 0.2) is 0 Å². The fraction of sp³-hybridized carbons (Fsp3) is 0.133. The molecule has 88 valence electrons. The van der Waals surface area contributed by atoms with Crippen molar-refractivity contribution in [2.24, 2.45) is 10.2 Å². The third-order valence-electron chi connectivity index (χ3n) is 3.14. The number of fused-ring (bicyclic) bond motifs is 1. The van der Waals surface area contributed by atoms with Crippen LogP contribution in [-0.2, 0) is 0 Å². The van der Waals surface area contributed by atoms with Crippen LogP contribution in [0.5, 0.6) is 0 Å². The second-order valence-corrected chi connectivity index (χ2v) is 4.42. The van der Waals surface area contributed by atoms with Crippen molar-refractivity contribution in [2.45, 2.75) is 13.0 Å². The van der Waals surface area contributed by atoms with Gasteiger partial charge in [0.05, 0.1) is 0 Å². The molecule has 1 heterocycles. The lowest BCUT2D eigenvalue weighted by molar-refractivity contribution is 0.0986. The molecular weight excluding hydrogens is 224 g/mol. The molecule has 0 N–H and O–H groups in total. The molecule has 0 spiro atoms. The second kappa shape index (κ2) is 4.18. The number of benzene rings is 2. The summed E-state index contributed by atoms with van der Waals surface area (Å²) in [5.41, 5.74) is 3.85. The Labute approximate surface area is 105 Å². The van der Waals surface area contributed by atoms with Gasteiger partial charge in [0.2, 0.25) is 0 Å². The SMILES string of the molecule is Cc1ccc(C2N=NC(=O)c3ccccc32)cc1. The lowest BCUT2D eigenvalue weighted by Gasteiger charge is -2.18. The standard InChI is InChI=1S/C15H12N2O/c1-10-6-8-11(9-7-10)14-12-4-2-3-5-13(12)15(18)17-16-14/h2-9,14H,1H3. The molecule has 18 heavy (non-hydrogen) atoms. The molecule has 1 atom stereocenters. The number of azo groups is 1. The van der Waals surface area contributed by atoms with E-state index in [1.807, 2.05) is 49.4 Å². The quantitative estimate of drug-likeness (QED) is 0.744. The van der Waals surface area contributed by atoms with Crippen LogP contribution < -0.4 is 0 Å². The van der Waals surface area contributed by atoms with Crippen LogP contribution in [0.1, 0.15) is 33.1 Å². The summed E-state index contributed by atoms with van der Waals surface area (Å²) < 4.78 is 0. The van der Waals surface area contributed by atoms with Crippen molar-refractivity contribution in [3.8, 4) is 0 Å². The summed E-state index contributed by atoms with van der Waals surface area (Å²) in [5, 5.41) is 7.86. The minimum absolute atomic E-state index is 0.167. The molecule has 1 unspecified atom stereocenters. The van der Waals surface area contributed by atoms with Gasteiger partial charge in [0.1, 0.15) is 6.04 Å². The summed E-state index contributed by atoms with van der Waals surface area (Å²) in [7, 11) is 0. The second-order valence-electron chi connectivity index (χ2n) is 4.42. The van der Waals surface area contributed by atoms with E-state index < -0.39 is 0 Å². The lowest BCUT2D eigenvalue weighted by Crippen LogP contribution is -2.10. The van der Waals surface area contributed by atoms with Gasteiger partial charge in [-0.05, 0) is 24.1 Å². The van der Waals surface area contributed by atoms with Crippen molar-refractivity contribution < 1.29 is 4.79 Å². The lowest BCUT2D eigenvalue weighted by atomic mass is 9.93. The first-order valence-corrected chi connectivity index (χ1v) is 5.86. The van der Waals surface area contributed by atoms with E-state index in [0.29, 0.717) is 5.56 Å². The smallest absolute Gasteiger partial charge is 0.265 e. The molecule has 1 aliphatic rings. The highest BCUT2D eigenvalue weighted by Crippen LogP contribution is 2.32. The van der Waals surface area contributed by atoms with Gasteiger partial charge in [0.25, 0.3) is 5.91 Å². The molecule has 2 aromatic rings. The van der Waals surface area contributed by atoms with Crippen LogP contribution in [0.3, 0.4) is 0 Å². The molecule has 0 aromatic heterocycles. The number of aryl methyl sites for hydroxylation is 1. The first-order valence-electron chi connectivity index (χ1n) is 5.86. The average Bonchev–Trinajstić information content (AvgIpc) is 2.41. The van der Waals surface area contributed by atoms with Crippen molar-refractivity contribution in [3.05, 3.63) is 70.8 Å². The van der Waals surface area contributed by atoms with Crippen LogP contribution >= 0.6 is 0 Å². The number of nitrogens with zero attached hydrogens (tertiary/aromatic N) is 2. The molecular formula is C15H12N2O. The van der Waals surface area contributed by atoms with Crippen LogP contribution in [-0.4, -0.2) is 5.91 Å². The van der Waals surface area contributed by atoms with Gasteiger partial charge in [-0.25, -0.2) is 0 Å². The zero-order chi connectivity index (χ0) is 12.5. The molecule has 0 fully saturated rings. The van der Waals surface area contributed by atoms with E-state index in [-0.39, 0.29) is 11.9 Å². The summed E-state index contributed by atoms with van der Waals surface area (Å²) in [6.07, 6.45) is 0. The summed E-state index contributed by atoms with van der Waals surface area (Å²) in [6.45, 7) is 2.05. The Morgan fingerprint density at radius 2 is 1.72 bits per heavy atom. The molecule has 0 saturated carbocycles. The van der Waals surface area contributed by atoms with Gasteiger partial charge in [-0.1, -0.05) is 48.0 Å². The minimum Gasteiger partial charge on any atom is -0.265 e. The van der Waals surface area contributed by atoms with Gasteiger partial charge in [-0.2, -0.15) is 5.11 Å². The highest BCUT2D eigenvalue weighted by molar-refractivity contribution is 5.97. The Morgan fingerprint density at radius 1 is 1.00 bits per heavy atom. The zero-order valence-corrected chi connectivity index (χ0v) is 10.00. The van der Waals surface area contributed by atoms with Gasteiger partial charge in [-0.15, -0.1) is 5.11 Å². The van der Waals surface area contributed by atoms with Crippen LogP contribution in [0.25, 0.3) is 0 Å². The van der Waals surface area contributed by atoms with E-state index in [1.54, 1.807) is 6.07 Å². The maximum Gasteiger partial charge on any atom is 0.295 e. The Kier molecular flexibility index (Phi) is 2.52. The van der Waals surface area contributed by atoms with Crippen LogP contribution in [0, 0.1) is 6.92 Å². The molecule has 0 bridgehead atoms. The molecule has 1 amide bonds. The molecule has 3 heteroatoms. The average molecular weight is 236 g/mol. The van der Waals surface area contributed by atoms with Crippen molar-refractivity contribution >= 4 is 5.91 Å². The zero-order valence-electron chi connectivity index (χ0n) is 10.00. The van der Waals surface area contributed by atoms with E-state index in [2.05, 4.69) is 10.2 Å². The third-order valence-corrected chi connectivity index (χ3v) is 3.14. The predicted octanol–water partition coefficient (Wildman–Crippen LogP) is 3.69. The van der Waals surface area contributed by atoms with E-state index in [4.69, 9.17) is 0 Å². The first-order chi connectivity index (χ1) is 8.75. The summed E-state index contributed by atoms with van der Waals surface area (Å²) >= 11 is 0. The molecule has 2 aromatic carbocycles. The molecule has 3 nitrogen and oxygen atoms in total. The minimum atomic E-state index is -0.256. The maximum atomic E-state index is 11.7. The normalized spacial score (nSPS) is 17.6. The molecule has 1 aliphatic heterocycles. The Balaban J connectivity index is 2.11. The number of hydrogen-bond donors (Lipinski definition) is 0. The van der Waals surface area contributed by atoms with E-state index in [0.717, 1.165) is 11.1 Å². The topological polar surface area (TPSA) is 41.8 Å². The van der Waals surface area contributed by atoms with Crippen molar-refractivity contribution in [3.63, 3.8) is 0 Å². The fourth-order valence-corrected chi connectivity index (χ4v) is 2.15.